The third kappa shape index (κ3) is 3.79. The van der Waals surface area contributed by atoms with E-state index in [4.69, 9.17) is 9.84 Å². The highest BCUT2D eigenvalue weighted by atomic mass is 32.2. The number of esters is 1. The minimum Gasteiger partial charge on any atom is -0.478 e. The lowest BCUT2D eigenvalue weighted by atomic mass is 10.3. The van der Waals surface area contributed by atoms with Crippen LogP contribution < -0.4 is 0 Å². The molecule has 0 bridgehead atoms. The lowest BCUT2D eigenvalue weighted by Crippen LogP contribution is -2.17. The summed E-state index contributed by atoms with van der Waals surface area (Å²) in [4.78, 5) is 22.4. The fourth-order valence-corrected chi connectivity index (χ4v) is 2.15. The van der Waals surface area contributed by atoms with Crippen molar-refractivity contribution in [3.8, 4) is 0 Å². The highest BCUT2D eigenvalue weighted by molar-refractivity contribution is 8.04. The fraction of sp³-hybridized carbons (Fsp3) is 0.400. The lowest BCUT2D eigenvalue weighted by Gasteiger charge is -2.07. The Hall–Kier alpha value is -1.23. The van der Waals surface area contributed by atoms with Crippen LogP contribution in [0.25, 0.3) is 0 Å². The second-order valence-electron chi connectivity index (χ2n) is 2.87. The van der Waals surface area contributed by atoms with Gasteiger partial charge in [-0.15, -0.1) is 11.8 Å². The summed E-state index contributed by atoms with van der Waals surface area (Å²) in [6.45, 7) is 2.13. The molecule has 0 aromatic rings. The van der Waals surface area contributed by atoms with Gasteiger partial charge in [-0.2, -0.15) is 0 Å². The molecule has 82 valence electrons. The molecule has 0 fully saturated rings. The van der Waals surface area contributed by atoms with Crippen molar-refractivity contribution in [3.63, 3.8) is 0 Å². The Labute approximate surface area is 92.0 Å². The van der Waals surface area contributed by atoms with Crippen molar-refractivity contribution in [2.45, 2.75) is 18.6 Å². The van der Waals surface area contributed by atoms with Gasteiger partial charge in [-0.1, -0.05) is 6.08 Å². The molecule has 1 rings (SSSR count). The Morgan fingerprint density at radius 2 is 2.47 bits per heavy atom. The zero-order valence-corrected chi connectivity index (χ0v) is 9.12. The van der Waals surface area contributed by atoms with Crippen LogP contribution in [-0.4, -0.2) is 28.9 Å². The topological polar surface area (TPSA) is 63.6 Å². The highest BCUT2D eigenvalue weighted by Gasteiger charge is 2.24. The summed E-state index contributed by atoms with van der Waals surface area (Å²) in [5, 5.41) is 8.19. The minimum atomic E-state index is -0.990. The van der Waals surface area contributed by atoms with E-state index in [0.717, 1.165) is 11.0 Å². The summed E-state index contributed by atoms with van der Waals surface area (Å²) < 4.78 is 4.87. The van der Waals surface area contributed by atoms with Crippen molar-refractivity contribution < 1.29 is 19.4 Å². The van der Waals surface area contributed by atoms with Crippen LogP contribution in [0.2, 0.25) is 0 Å². The van der Waals surface area contributed by atoms with Crippen molar-refractivity contribution in [2.75, 3.05) is 6.61 Å². The molecule has 1 atom stereocenters. The number of rotatable bonds is 4. The van der Waals surface area contributed by atoms with Crippen LogP contribution in [0.4, 0.5) is 0 Å². The summed E-state index contributed by atoms with van der Waals surface area (Å²) in [5.74, 6) is -1.23. The summed E-state index contributed by atoms with van der Waals surface area (Å²) >= 11 is 1.34. The van der Waals surface area contributed by atoms with Gasteiger partial charge in [-0.05, 0) is 19.4 Å². The molecule has 1 aliphatic heterocycles. The van der Waals surface area contributed by atoms with Crippen LogP contribution in [0.5, 0.6) is 0 Å². The van der Waals surface area contributed by atoms with E-state index in [1.165, 1.54) is 17.8 Å². The van der Waals surface area contributed by atoms with Gasteiger partial charge in [0.25, 0.3) is 0 Å². The molecular formula is C10H12O4S. The quantitative estimate of drug-likeness (QED) is 0.584. The van der Waals surface area contributed by atoms with E-state index in [9.17, 15) is 9.59 Å². The number of carboxylic acids is 1. The van der Waals surface area contributed by atoms with Gasteiger partial charge in [0, 0.05) is 11.0 Å². The predicted octanol–water partition coefficient (Wildman–Crippen LogP) is 1.58. The van der Waals surface area contributed by atoms with E-state index in [1.807, 2.05) is 6.08 Å². The zero-order chi connectivity index (χ0) is 11.3. The van der Waals surface area contributed by atoms with Crippen LogP contribution in [0.15, 0.2) is 23.1 Å². The maximum absolute atomic E-state index is 11.3. The van der Waals surface area contributed by atoms with Gasteiger partial charge in [0.05, 0.1) is 6.61 Å². The Morgan fingerprint density at radius 1 is 1.73 bits per heavy atom. The van der Waals surface area contributed by atoms with Crippen molar-refractivity contribution in [1.82, 2.24) is 0 Å². The molecule has 4 nitrogen and oxygen atoms in total. The highest BCUT2D eigenvalue weighted by Crippen LogP contribution is 2.33. The molecular weight excluding hydrogens is 216 g/mol. The second-order valence-corrected chi connectivity index (χ2v) is 4.15. The Morgan fingerprint density at radius 3 is 3.07 bits per heavy atom. The van der Waals surface area contributed by atoms with Crippen molar-refractivity contribution in [2.24, 2.45) is 0 Å². The van der Waals surface area contributed by atoms with Crippen LogP contribution in [-0.2, 0) is 14.3 Å². The monoisotopic (exact) mass is 228 g/mol. The number of carboxylic acid groups (broad SMARTS) is 1. The maximum Gasteiger partial charge on any atom is 0.328 e. The van der Waals surface area contributed by atoms with Gasteiger partial charge in [-0.3, -0.25) is 4.79 Å². The predicted molar refractivity (Wildman–Crippen MR) is 57.5 cm³/mol. The Kier molecular flexibility index (Phi) is 4.42. The van der Waals surface area contributed by atoms with Crippen LogP contribution in [0.1, 0.15) is 13.3 Å². The van der Waals surface area contributed by atoms with Crippen molar-refractivity contribution in [1.29, 1.82) is 0 Å². The number of ether oxygens (including phenoxy) is 1. The van der Waals surface area contributed by atoms with Crippen LogP contribution in [0.3, 0.4) is 0 Å². The standard InChI is InChI=1S/C10H12O4S/c1-2-14-10(13)8-5-3-7(15-8)4-6-9(11)12/h3-4,6,8H,2,5H2,1H3,(H,11,12)/b6-4+. The smallest absolute Gasteiger partial charge is 0.328 e. The first-order chi connectivity index (χ1) is 7.13. The van der Waals surface area contributed by atoms with Gasteiger partial charge in [0.15, 0.2) is 0 Å². The van der Waals surface area contributed by atoms with Gasteiger partial charge in [-0.25, -0.2) is 4.79 Å². The average molecular weight is 228 g/mol. The zero-order valence-electron chi connectivity index (χ0n) is 8.30. The number of hydrogen-bond donors (Lipinski definition) is 1. The first-order valence-electron chi connectivity index (χ1n) is 4.58. The molecule has 0 saturated carbocycles. The van der Waals surface area contributed by atoms with Crippen molar-refractivity contribution >= 4 is 23.7 Å². The Balaban J connectivity index is 2.43. The van der Waals surface area contributed by atoms with E-state index in [2.05, 4.69) is 0 Å². The maximum atomic E-state index is 11.3. The molecule has 0 amide bonds. The number of aliphatic carboxylic acids is 1. The molecule has 0 radical (unpaired) electrons. The fourth-order valence-electron chi connectivity index (χ4n) is 1.12. The molecule has 5 heteroatoms. The largest absolute Gasteiger partial charge is 0.478 e. The number of carbonyl (C=O) groups is 2. The normalized spacial score (nSPS) is 20.3. The Bertz CT molecular complexity index is 319. The lowest BCUT2D eigenvalue weighted by molar-refractivity contribution is -0.142. The molecule has 0 saturated heterocycles. The number of thioether (sulfide) groups is 1. The first kappa shape index (κ1) is 11.8. The van der Waals surface area contributed by atoms with E-state index in [-0.39, 0.29) is 11.2 Å². The number of carbonyl (C=O) groups excluding carboxylic acids is 1. The van der Waals surface area contributed by atoms with Gasteiger partial charge in [0.1, 0.15) is 5.25 Å². The molecule has 0 aromatic heterocycles. The molecule has 1 aliphatic rings. The summed E-state index contributed by atoms with van der Waals surface area (Å²) in [7, 11) is 0. The molecule has 0 aliphatic carbocycles. The second kappa shape index (κ2) is 5.60. The van der Waals surface area contributed by atoms with Crippen LogP contribution in [0, 0.1) is 0 Å². The van der Waals surface area contributed by atoms with Gasteiger partial charge in [0.2, 0.25) is 0 Å². The van der Waals surface area contributed by atoms with Gasteiger partial charge >= 0.3 is 11.9 Å². The summed E-state index contributed by atoms with van der Waals surface area (Å²) in [6, 6.07) is 0. The van der Waals surface area contributed by atoms with E-state index >= 15 is 0 Å². The van der Waals surface area contributed by atoms with E-state index < -0.39 is 5.97 Å². The first-order valence-corrected chi connectivity index (χ1v) is 5.46. The molecule has 1 N–H and O–H groups in total. The molecule has 0 spiro atoms. The third-order valence-corrected chi connectivity index (χ3v) is 3.00. The van der Waals surface area contributed by atoms with E-state index in [1.54, 1.807) is 6.92 Å². The molecule has 1 heterocycles. The van der Waals surface area contributed by atoms with Crippen LogP contribution >= 0.6 is 11.8 Å². The van der Waals surface area contributed by atoms with Crippen molar-refractivity contribution in [3.05, 3.63) is 23.1 Å². The van der Waals surface area contributed by atoms with E-state index in [0.29, 0.717) is 13.0 Å². The summed E-state index contributed by atoms with van der Waals surface area (Å²) in [6.07, 6.45) is 4.99. The summed E-state index contributed by atoms with van der Waals surface area (Å²) in [5.41, 5.74) is 0. The van der Waals surface area contributed by atoms with Gasteiger partial charge < -0.3 is 9.84 Å². The number of hydrogen-bond acceptors (Lipinski definition) is 4. The minimum absolute atomic E-state index is 0.224. The molecule has 1 unspecified atom stereocenters. The average Bonchev–Trinajstić information content (AvgIpc) is 2.63. The SMILES string of the molecule is CCOC(=O)C1CC=C(/C=C/C(=O)O)S1. The third-order valence-electron chi connectivity index (χ3n) is 1.75. The molecule has 0 aromatic carbocycles. The number of allylic oxidation sites excluding steroid dienone is 2. The molecule has 15 heavy (non-hydrogen) atoms.